The van der Waals surface area contributed by atoms with Gasteiger partial charge >= 0.3 is 0 Å². The van der Waals surface area contributed by atoms with Crippen molar-refractivity contribution in [1.29, 1.82) is 0 Å². The molecule has 1 aromatic heterocycles. The van der Waals surface area contributed by atoms with Crippen LogP contribution in [0.4, 0.5) is 0 Å². The third-order valence-corrected chi connectivity index (χ3v) is 3.86. The molecule has 1 saturated heterocycles. The van der Waals surface area contributed by atoms with E-state index in [-0.39, 0.29) is 13.2 Å². The largest absolute Gasteiger partial charge is 0.490 e. The Balaban J connectivity index is 1.61. The molecule has 1 aliphatic rings. The molecule has 0 spiro atoms. The number of nitrogens with zero attached hydrogens (tertiary/aromatic N) is 3. The van der Waals surface area contributed by atoms with Crippen molar-refractivity contribution in [2.75, 3.05) is 32.9 Å². The van der Waals surface area contributed by atoms with E-state index in [2.05, 4.69) is 10.00 Å². The average Bonchev–Trinajstić information content (AvgIpc) is 2.86. The van der Waals surface area contributed by atoms with Crippen LogP contribution in [0.2, 0.25) is 0 Å². The molecule has 2 aromatic rings. The Labute approximate surface area is 136 Å². The molecule has 6 nitrogen and oxygen atoms in total. The first-order valence-electron chi connectivity index (χ1n) is 7.81. The van der Waals surface area contributed by atoms with Crippen molar-refractivity contribution in [3.8, 4) is 5.75 Å². The quantitative estimate of drug-likeness (QED) is 0.894. The summed E-state index contributed by atoms with van der Waals surface area (Å²) in [7, 11) is 1.90. The lowest BCUT2D eigenvalue weighted by atomic mass is 10.1. The van der Waals surface area contributed by atoms with E-state index in [4.69, 9.17) is 9.47 Å². The van der Waals surface area contributed by atoms with Gasteiger partial charge in [0.2, 0.25) is 0 Å². The highest BCUT2D eigenvalue weighted by Crippen LogP contribution is 2.17. The van der Waals surface area contributed by atoms with Crippen LogP contribution in [0.3, 0.4) is 0 Å². The Morgan fingerprint density at radius 2 is 2.17 bits per heavy atom. The van der Waals surface area contributed by atoms with Gasteiger partial charge in [0.15, 0.2) is 0 Å². The molecule has 1 aromatic carbocycles. The summed E-state index contributed by atoms with van der Waals surface area (Å²) in [5.74, 6) is 0.754. The summed E-state index contributed by atoms with van der Waals surface area (Å²) in [6, 6.07) is 9.53. The fraction of sp³-hybridized carbons (Fsp3) is 0.471. The van der Waals surface area contributed by atoms with Crippen molar-refractivity contribution in [3.63, 3.8) is 0 Å². The van der Waals surface area contributed by atoms with Crippen molar-refractivity contribution in [2.24, 2.45) is 7.05 Å². The number of aryl methyl sites for hydroxylation is 1. The van der Waals surface area contributed by atoms with E-state index < -0.39 is 5.60 Å². The lowest BCUT2D eigenvalue weighted by Gasteiger charge is -2.30. The summed E-state index contributed by atoms with van der Waals surface area (Å²) >= 11 is 0. The number of hydrogen-bond donors (Lipinski definition) is 1. The Kier molecular flexibility index (Phi) is 4.95. The molecule has 124 valence electrons. The average molecular weight is 317 g/mol. The first-order chi connectivity index (χ1) is 11.1. The molecule has 1 aliphatic heterocycles. The number of rotatable bonds is 5. The van der Waals surface area contributed by atoms with Crippen LogP contribution in [-0.4, -0.2) is 58.3 Å². The smallest absolute Gasteiger partial charge is 0.134 e. The van der Waals surface area contributed by atoms with E-state index in [1.54, 1.807) is 4.68 Å². The van der Waals surface area contributed by atoms with Gasteiger partial charge in [-0.3, -0.25) is 9.58 Å². The minimum absolute atomic E-state index is 0.209. The van der Waals surface area contributed by atoms with Gasteiger partial charge in [-0.25, -0.2) is 0 Å². The normalized spacial score (nSPS) is 22.7. The minimum Gasteiger partial charge on any atom is -0.490 e. The van der Waals surface area contributed by atoms with Crippen LogP contribution in [0, 0.1) is 0 Å². The van der Waals surface area contributed by atoms with Crippen molar-refractivity contribution < 1.29 is 14.6 Å². The second kappa shape index (κ2) is 7.12. The zero-order chi connectivity index (χ0) is 16.1. The first-order valence-corrected chi connectivity index (χ1v) is 7.81. The molecule has 1 unspecified atom stereocenters. The van der Waals surface area contributed by atoms with Crippen LogP contribution in [0.1, 0.15) is 5.56 Å². The molecule has 0 aliphatic carbocycles. The van der Waals surface area contributed by atoms with E-state index >= 15 is 0 Å². The predicted molar refractivity (Wildman–Crippen MR) is 86.2 cm³/mol. The number of aromatic nitrogens is 2. The summed E-state index contributed by atoms with van der Waals surface area (Å²) in [6.07, 6.45) is 3.84. The van der Waals surface area contributed by atoms with E-state index in [9.17, 15) is 5.11 Å². The zero-order valence-electron chi connectivity index (χ0n) is 13.4. The maximum Gasteiger partial charge on any atom is 0.134 e. The van der Waals surface area contributed by atoms with Crippen LogP contribution in [0.5, 0.6) is 5.75 Å². The van der Waals surface area contributed by atoms with Crippen LogP contribution in [-0.2, 0) is 18.3 Å². The molecule has 1 N–H and O–H groups in total. The third-order valence-electron chi connectivity index (χ3n) is 3.86. The van der Waals surface area contributed by atoms with E-state index in [1.807, 2.05) is 49.8 Å². The predicted octanol–water partition coefficient (Wildman–Crippen LogP) is 1.06. The second-order valence-electron chi connectivity index (χ2n) is 6.11. The Morgan fingerprint density at radius 3 is 2.91 bits per heavy atom. The van der Waals surface area contributed by atoms with Gasteiger partial charge in [-0.15, -0.1) is 0 Å². The van der Waals surface area contributed by atoms with Crippen molar-refractivity contribution in [3.05, 3.63) is 48.3 Å². The molecule has 2 heterocycles. The monoisotopic (exact) mass is 317 g/mol. The zero-order valence-corrected chi connectivity index (χ0v) is 13.4. The van der Waals surface area contributed by atoms with Crippen LogP contribution in [0.25, 0.3) is 0 Å². The highest BCUT2D eigenvalue weighted by atomic mass is 16.5. The third kappa shape index (κ3) is 4.54. The maximum absolute atomic E-state index is 10.9. The summed E-state index contributed by atoms with van der Waals surface area (Å²) in [5.41, 5.74) is 0.106. The molecule has 23 heavy (non-hydrogen) atoms. The highest BCUT2D eigenvalue weighted by Gasteiger charge is 2.33. The number of para-hydroxylation sites is 1. The lowest BCUT2D eigenvalue weighted by Crippen LogP contribution is -2.48. The fourth-order valence-electron chi connectivity index (χ4n) is 2.77. The number of hydrogen-bond acceptors (Lipinski definition) is 5. The summed E-state index contributed by atoms with van der Waals surface area (Å²) in [4.78, 5) is 2.18. The van der Waals surface area contributed by atoms with Gasteiger partial charge < -0.3 is 14.6 Å². The molecule has 1 atom stereocenters. The second-order valence-corrected chi connectivity index (χ2v) is 6.11. The van der Waals surface area contributed by atoms with Crippen LogP contribution >= 0.6 is 0 Å². The SMILES string of the molecule is Cn1cc(CN2CCOCC(O)(COc3ccccc3)C2)cn1. The van der Waals surface area contributed by atoms with E-state index in [1.165, 1.54) is 0 Å². The van der Waals surface area contributed by atoms with E-state index in [0.717, 1.165) is 24.4 Å². The Morgan fingerprint density at radius 1 is 1.35 bits per heavy atom. The van der Waals surface area contributed by atoms with Gasteiger partial charge in [-0.2, -0.15) is 5.10 Å². The van der Waals surface area contributed by atoms with Gasteiger partial charge in [0.05, 0.1) is 19.4 Å². The Bertz CT molecular complexity index is 617. The molecule has 0 amide bonds. The molecule has 0 saturated carbocycles. The maximum atomic E-state index is 10.9. The molecule has 6 heteroatoms. The number of β-amino-alcohol motifs (C(OH)–C–C–N with tert-alkyl or cyclic N) is 1. The van der Waals surface area contributed by atoms with Crippen molar-refractivity contribution >= 4 is 0 Å². The van der Waals surface area contributed by atoms with Gasteiger partial charge in [-0.05, 0) is 12.1 Å². The molecular formula is C17H23N3O3. The fourth-order valence-corrected chi connectivity index (χ4v) is 2.77. The number of ether oxygens (including phenoxy) is 2. The van der Waals surface area contributed by atoms with E-state index in [0.29, 0.717) is 13.2 Å². The van der Waals surface area contributed by atoms with Gasteiger partial charge in [0.25, 0.3) is 0 Å². The topological polar surface area (TPSA) is 59.8 Å². The van der Waals surface area contributed by atoms with Gasteiger partial charge in [-0.1, -0.05) is 18.2 Å². The summed E-state index contributed by atoms with van der Waals surface area (Å²) < 4.78 is 13.1. The molecule has 0 bridgehead atoms. The Hall–Kier alpha value is -1.89. The van der Waals surface area contributed by atoms with Gasteiger partial charge in [0, 0.05) is 38.4 Å². The van der Waals surface area contributed by atoms with Crippen molar-refractivity contribution in [1.82, 2.24) is 14.7 Å². The number of aliphatic hydroxyl groups is 1. The molecule has 0 radical (unpaired) electrons. The number of benzene rings is 1. The van der Waals surface area contributed by atoms with Crippen LogP contribution in [0.15, 0.2) is 42.7 Å². The highest BCUT2D eigenvalue weighted by molar-refractivity contribution is 5.21. The first kappa shape index (κ1) is 16.0. The van der Waals surface area contributed by atoms with Crippen LogP contribution < -0.4 is 4.74 Å². The van der Waals surface area contributed by atoms with Crippen molar-refractivity contribution in [2.45, 2.75) is 12.1 Å². The standard InChI is InChI=1S/C17H23N3O3/c1-19-10-15(9-18-19)11-20-7-8-22-13-17(21,12-20)14-23-16-5-3-2-4-6-16/h2-6,9-10,21H,7-8,11-14H2,1H3. The summed E-state index contributed by atoms with van der Waals surface area (Å²) in [6.45, 7) is 3.12. The summed E-state index contributed by atoms with van der Waals surface area (Å²) in [5, 5.41) is 15.0. The molecule has 1 fully saturated rings. The lowest BCUT2D eigenvalue weighted by molar-refractivity contribution is -0.0646. The molecule has 3 rings (SSSR count). The van der Waals surface area contributed by atoms with Gasteiger partial charge in [0.1, 0.15) is 18.0 Å². The molecular weight excluding hydrogens is 294 g/mol. The minimum atomic E-state index is -1.02.